The van der Waals surface area contributed by atoms with Crippen LogP contribution in [0.4, 0.5) is 0 Å². The fraction of sp³-hybridized carbons (Fsp3) is 0.588. The van der Waals surface area contributed by atoms with Crippen LogP contribution in [-0.4, -0.2) is 44.0 Å². The Morgan fingerprint density at radius 2 is 1.91 bits per heavy atom. The van der Waals surface area contributed by atoms with E-state index < -0.39 is 0 Å². The minimum Gasteiger partial charge on any atom is -0.493 e. The lowest BCUT2D eigenvalue weighted by atomic mass is 9.98. The van der Waals surface area contributed by atoms with Gasteiger partial charge in [-0.3, -0.25) is 4.79 Å². The van der Waals surface area contributed by atoms with Gasteiger partial charge in [0.2, 0.25) is 5.91 Å². The van der Waals surface area contributed by atoms with Crippen molar-refractivity contribution in [2.24, 2.45) is 5.92 Å². The number of alkyl halides is 1. The second-order valence-corrected chi connectivity index (χ2v) is 5.98. The van der Waals surface area contributed by atoms with Gasteiger partial charge in [0.15, 0.2) is 11.5 Å². The maximum absolute atomic E-state index is 12.3. The summed E-state index contributed by atoms with van der Waals surface area (Å²) in [5, 5.41) is 0. The van der Waals surface area contributed by atoms with Gasteiger partial charge in [0, 0.05) is 25.4 Å². The number of hydrogen-bond donors (Lipinski definition) is 0. The molecule has 1 aromatic rings. The number of halogens is 1. The average Bonchev–Trinajstić information content (AvgIpc) is 2.59. The standard InChI is InChI=1S/C17H24ClNO3/c1-21-15-5-3-13(11-16(15)22-2)4-6-17(20)19-9-7-14(12-18)8-10-19/h3,5,11,14H,4,6-10,12H2,1-2H3. The molecule has 1 amide bonds. The summed E-state index contributed by atoms with van der Waals surface area (Å²) in [6.07, 6.45) is 3.28. The quantitative estimate of drug-likeness (QED) is 0.754. The first-order valence-corrected chi connectivity index (χ1v) is 8.26. The summed E-state index contributed by atoms with van der Waals surface area (Å²) >= 11 is 5.88. The zero-order chi connectivity index (χ0) is 15.9. The van der Waals surface area contributed by atoms with Crippen LogP contribution in [-0.2, 0) is 11.2 Å². The fourth-order valence-electron chi connectivity index (χ4n) is 2.78. The summed E-state index contributed by atoms with van der Waals surface area (Å²) in [5.74, 6) is 2.91. The summed E-state index contributed by atoms with van der Waals surface area (Å²) in [6, 6.07) is 5.80. The molecule has 1 aromatic carbocycles. The van der Waals surface area contributed by atoms with Crippen molar-refractivity contribution in [2.75, 3.05) is 33.2 Å². The number of benzene rings is 1. The van der Waals surface area contributed by atoms with E-state index in [4.69, 9.17) is 21.1 Å². The fourth-order valence-corrected chi connectivity index (χ4v) is 3.09. The van der Waals surface area contributed by atoms with E-state index in [1.807, 2.05) is 23.1 Å². The Balaban J connectivity index is 1.86. The molecule has 1 aliphatic heterocycles. The smallest absolute Gasteiger partial charge is 0.222 e. The summed E-state index contributed by atoms with van der Waals surface area (Å²) in [7, 11) is 3.24. The molecule has 1 fully saturated rings. The van der Waals surface area contributed by atoms with Crippen molar-refractivity contribution in [3.63, 3.8) is 0 Å². The maximum atomic E-state index is 12.3. The summed E-state index contributed by atoms with van der Waals surface area (Å²) < 4.78 is 10.5. The normalized spacial score (nSPS) is 15.7. The van der Waals surface area contributed by atoms with Crippen LogP contribution in [0.3, 0.4) is 0 Å². The molecule has 0 bridgehead atoms. The Kier molecular flexibility index (Phi) is 6.37. The third kappa shape index (κ3) is 4.29. The molecule has 5 heteroatoms. The van der Waals surface area contributed by atoms with Crippen LogP contribution in [0.15, 0.2) is 18.2 Å². The number of likely N-dealkylation sites (tertiary alicyclic amines) is 1. The molecule has 122 valence electrons. The van der Waals surface area contributed by atoms with E-state index in [0.29, 0.717) is 36.1 Å². The van der Waals surface area contributed by atoms with Crippen molar-refractivity contribution in [3.05, 3.63) is 23.8 Å². The average molecular weight is 326 g/mol. The molecule has 0 spiro atoms. The Morgan fingerprint density at radius 1 is 1.23 bits per heavy atom. The van der Waals surface area contributed by atoms with Crippen LogP contribution < -0.4 is 9.47 Å². The molecule has 0 radical (unpaired) electrons. The lowest BCUT2D eigenvalue weighted by Gasteiger charge is -2.31. The van der Waals surface area contributed by atoms with E-state index in [2.05, 4.69) is 0 Å². The van der Waals surface area contributed by atoms with Crippen LogP contribution in [0.25, 0.3) is 0 Å². The Bertz CT molecular complexity index is 499. The summed E-state index contributed by atoms with van der Waals surface area (Å²) in [4.78, 5) is 14.2. The number of methoxy groups -OCH3 is 2. The van der Waals surface area contributed by atoms with Gasteiger partial charge in [0.05, 0.1) is 14.2 Å². The van der Waals surface area contributed by atoms with Crippen LogP contribution in [0, 0.1) is 5.92 Å². The van der Waals surface area contributed by atoms with Gasteiger partial charge in [-0.1, -0.05) is 6.07 Å². The number of carbonyl (C=O) groups is 1. The molecule has 0 aliphatic carbocycles. The molecule has 1 saturated heterocycles. The van der Waals surface area contributed by atoms with Crippen molar-refractivity contribution in [3.8, 4) is 11.5 Å². The highest BCUT2D eigenvalue weighted by Crippen LogP contribution is 2.28. The van der Waals surface area contributed by atoms with Crippen molar-refractivity contribution in [2.45, 2.75) is 25.7 Å². The SMILES string of the molecule is COc1ccc(CCC(=O)N2CCC(CCl)CC2)cc1OC. The molecule has 0 N–H and O–H groups in total. The van der Waals surface area contributed by atoms with E-state index in [1.165, 1.54) is 0 Å². The van der Waals surface area contributed by atoms with Crippen LogP contribution >= 0.6 is 11.6 Å². The first kappa shape index (κ1) is 16.9. The van der Waals surface area contributed by atoms with Crippen LogP contribution in [0.1, 0.15) is 24.8 Å². The Morgan fingerprint density at radius 3 is 2.50 bits per heavy atom. The highest BCUT2D eigenvalue weighted by molar-refractivity contribution is 6.18. The second kappa shape index (κ2) is 8.28. The van der Waals surface area contributed by atoms with Gasteiger partial charge in [0.1, 0.15) is 0 Å². The lowest BCUT2D eigenvalue weighted by Crippen LogP contribution is -2.38. The number of piperidine rings is 1. The van der Waals surface area contributed by atoms with Crippen LogP contribution in [0.2, 0.25) is 0 Å². The topological polar surface area (TPSA) is 38.8 Å². The van der Waals surface area contributed by atoms with E-state index in [1.54, 1.807) is 14.2 Å². The van der Waals surface area contributed by atoms with E-state index in [-0.39, 0.29) is 5.91 Å². The van der Waals surface area contributed by atoms with Crippen molar-refractivity contribution >= 4 is 17.5 Å². The molecule has 0 unspecified atom stereocenters. The maximum Gasteiger partial charge on any atom is 0.222 e. The van der Waals surface area contributed by atoms with Gasteiger partial charge in [-0.15, -0.1) is 11.6 Å². The van der Waals surface area contributed by atoms with Gasteiger partial charge in [-0.2, -0.15) is 0 Å². The van der Waals surface area contributed by atoms with E-state index in [0.717, 1.165) is 31.5 Å². The molecular weight excluding hydrogens is 302 g/mol. The zero-order valence-electron chi connectivity index (χ0n) is 13.3. The largest absolute Gasteiger partial charge is 0.493 e. The molecule has 0 atom stereocenters. The van der Waals surface area contributed by atoms with Gasteiger partial charge < -0.3 is 14.4 Å². The first-order chi connectivity index (χ1) is 10.7. The van der Waals surface area contributed by atoms with Crippen molar-refractivity contribution in [1.29, 1.82) is 0 Å². The van der Waals surface area contributed by atoms with Crippen LogP contribution in [0.5, 0.6) is 11.5 Å². The monoisotopic (exact) mass is 325 g/mol. The minimum absolute atomic E-state index is 0.225. The predicted molar refractivity (Wildman–Crippen MR) is 87.9 cm³/mol. The lowest BCUT2D eigenvalue weighted by molar-refractivity contribution is -0.132. The highest BCUT2D eigenvalue weighted by atomic mass is 35.5. The number of ether oxygens (including phenoxy) is 2. The Labute approximate surface area is 137 Å². The number of nitrogens with zero attached hydrogens (tertiary/aromatic N) is 1. The van der Waals surface area contributed by atoms with Gasteiger partial charge in [-0.05, 0) is 42.9 Å². The number of amides is 1. The van der Waals surface area contributed by atoms with Gasteiger partial charge in [-0.25, -0.2) is 0 Å². The molecule has 0 aromatic heterocycles. The van der Waals surface area contributed by atoms with Crippen molar-refractivity contribution in [1.82, 2.24) is 4.90 Å². The molecular formula is C17H24ClNO3. The minimum atomic E-state index is 0.225. The zero-order valence-corrected chi connectivity index (χ0v) is 14.1. The van der Waals surface area contributed by atoms with E-state index in [9.17, 15) is 4.79 Å². The summed E-state index contributed by atoms with van der Waals surface area (Å²) in [5.41, 5.74) is 1.08. The van der Waals surface area contributed by atoms with E-state index >= 15 is 0 Å². The number of aryl methyl sites for hydroxylation is 1. The van der Waals surface area contributed by atoms with Gasteiger partial charge in [0.25, 0.3) is 0 Å². The number of carbonyl (C=O) groups excluding carboxylic acids is 1. The van der Waals surface area contributed by atoms with Gasteiger partial charge >= 0.3 is 0 Å². The molecule has 0 saturated carbocycles. The molecule has 1 heterocycles. The summed E-state index contributed by atoms with van der Waals surface area (Å²) in [6.45, 7) is 1.67. The predicted octanol–water partition coefficient (Wildman–Crippen LogP) is 3.11. The Hall–Kier alpha value is -1.42. The molecule has 2 rings (SSSR count). The first-order valence-electron chi connectivity index (χ1n) is 7.72. The molecule has 1 aliphatic rings. The highest BCUT2D eigenvalue weighted by Gasteiger charge is 2.21. The number of hydrogen-bond acceptors (Lipinski definition) is 3. The van der Waals surface area contributed by atoms with Crippen molar-refractivity contribution < 1.29 is 14.3 Å². The second-order valence-electron chi connectivity index (χ2n) is 5.67. The third-order valence-corrected chi connectivity index (χ3v) is 4.70. The number of rotatable bonds is 6. The third-order valence-electron chi connectivity index (χ3n) is 4.26. The molecule has 4 nitrogen and oxygen atoms in total. The molecule has 22 heavy (non-hydrogen) atoms.